The molecule has 1 aromatic rings. The molecule has 0 unspecified atom stereocenters. The number of nitrogens with zero attached hydrogens (tertiary/aromatic N) is 1. The van der Waals surface area contributed by atoms with Gasteiger partial charge in [0.2, 0.25) is 0 Å². The number of benzene rings is 1. The monoisotopic (exact) mass is 282 g/mol. The minimum atomic E-state index is -0.659. The van der Waals surface area contributed by atoms with Crippen LogP contribution in [0.15, 0.2) is 18.2 Å². The molecular formula is C15H20F2N2O. The number of rotatable bonds is 4. The van der Waals surface area contributed by atoms with E-state index in [0.29, 0.717) is 19.0 Å². The van der Waals surface area contributed by atoms with E-state index in [-0.39, 0.29) is 5.56 Å². The fraction of sp³-hybridized carbons (Fsp3) is 0.533. The molecule has 0 spiro atoms. The molecule has 1 N–H and O–H groups in total. The van der Waals surface area contributed by atoms with Gasteiger partial charge in [0.15, 0.2) is 0 Å². The maximum atomic E-state index is 13.6. The molecule has 0 bridgehead atoms. The van der Waals surface area contributed by atoms with Crippen LogP contribution in [-0.4, -0.2) is 37.5 Å². The number of carbonyl (C=O) groups excluding carboxylic acids is 1. The smallest absolute Gasteiger partial charge is 0.256 e. The molecule has 0 aromatic heterocycles. The van der Waals surface area contributed by atoms with Gasteiger partial charge in [-0.05, 0) is 57.0 Å². The van der Waals surface area contributed by atoms with Gasteiger partial charge in [-0.1, -0.05) is 0 Å². The predicted octanol–water partition coefficient (Wildman–Crippen LogP) is 2.43. The molecule has 2 rings (SSSR count). The fourth-order valence-corrected chi connectivity index (χ4v) is 2.60. The second kappa shape index (κ2) is 6.79. The van der Waals surface area contributed by atoms with Gasteiger partial charge in [0.05, 0.1) is 5.56 Å². The molecule has 1 aromatic carbocycles. The maximum absolute atomic E-state index is 13.6. The summed E-state index contributed by atoms with van der Waals surface area (Å²) in [6.45, 7) is 2.20. The molecule has 0 aliphatic carbocycles. The van der Waals surface area contributed by atoms with Crippen molar-refractivity contribution in [3.63, 3.8) is 0 Å². The third kappa shape index (κ3) is 3.54. The van der Waals surface area contributed by atoms with E-state index in [1.165, 1.54) is 0 Å². The lowest BCUT2D eigenvalue weighted by Gasteiger charge is -2.32. The third-order valence-electron chi connectivity index (χ3n) is 3.86. The van der Waals surface area contributed by atoms with Crippen molar-refractivity contribution in [2.45, 2.75) is 19.3 Å². The van der Waals surface area contributed by atoms with Gasteiger partial charge in [-0.25, -0.2) is 8.78 Å². The van der Waals surface area contributed by atoms with Crippen molar-refractivity contribution in [2.24, 2.45) is 5.92 Å². The Morgan fingerprint density at radius 2 is 2.05 bits per heavy atom. The van der Waals surface area contributed by atoms with Crippen molar-refractivity contribution in [1.29, 1.82) is 0 Å². The summed E-state index contributed by atoms with van der Waals surface area (Å²) in [6.07, 6.45) is 2.93. The number of halogens is 2. The van der Waals surface area contributed by atoms with Crippen LogP contribution in [0.1, 0.15) is 29.6 Å². The third-order valence-corrected chi connectivity index (χ3v) is 3.86. The zero-order valence-corrected chi connectivity index (χ0v) is 11.7. The summed E-state index contributed by atoms with van der Waals surface area (Å²) in [5.74, 6) is -1.05. The lowest BCUT2D eigenvalue weighted by atomic mass is 9.93. The highest BCUT2D eigenvalue weighted by atomic mass is 19.1. The van der Waals surface area contributed by atoms with Crippen LogP contribution in [0.4, 0.5) is 8.78 Å². The Hall–Kier alpha value is -1.49. The number of amides is 1. The first-order chi connectivity index (χ1) is 9.61. The molecule has 3 nitrogen and oxygen atoms in total. The SMILES string of the molecule is CNCCC1CCN(C(=O)c2cc(F)ccc2F)CC1. The summed E-state index contributed by atoms with van der Waals surface area (Å²) in [6, 6.07) is 3.00. The zero-order chi connectivity index (χ0) is 14.5. The summed E-state index contributed by atoms with van der Waals surface area (Å²) >= 11 is 0. The van der Waals surface area contributed by atoms with Gasteiger partial charge in [-0.2, -0.15) is 0 Å². The van der Waals surface area contributed by atoms with Crippen LogP contribution in [-0.2, 0) is 0 Å². The maximum Gasteiger partial charge on any atom is 0.256 e. The highest BCUT2D eigenvalue weighted by Crippen LogP contribution is 2.22. The first-order valence-electron chi connectivity index (χ1n) is 7.00. The van der Waals surface area contributed by atoms with Crippen molar-refractivity contribution in [1.82, 2.24) is 10.2 Å². The van der Waals surface area contributed by atoms with Gasteiger partial charge >= 0.3 is 0 Å². The summed E-state index contributed by atoms with van der Waals surface area (Å²) in [4.78, 5) is 13.8. The van der Waals surface area contributed by atoms with Crippen LogP contribution in [0.2, 0.25) is 0 Å². The molecule has 1 amide bonds. The average Bonchev–Trinajstić information content (AvgIpc) is 2.47. The number of piperidine rings is 1. The first-order valence-corrected chi connectivity index (χ1v) is 7.00. The van der Waals surface area contributed by atoms with Crippen LogP contribution in [0.25, 0.3) is 0 Å². The number of hydrogen-bond acceptors (Lipinski definition) is 2. The average molecular weight is 282 g/mol. The summed E-state index contributed by atoms with van der Waals surface area (Å²) in [5, 5.41) is 3.12. The molecule has 0 radical (unpaired) electrons. The van der Waals surface area contributed by atoms with Crippen LogP contribution in [0.5, 0.6) is 0 Å². The van der Waals surface area contributed by atoms with E-state index < -0.39 is 17.5 Å². The number of carbonyl (C=O) groups is 1. The Morgan fingerprint density at radius 1 is 1.35 bits per heavy atom. The van der Waals surface area contributed by atoms with Crippen LogP contribution >= 0.6 is 0 Å². The summed E-state index contributed by atoms with van der Waals surface area (Å²) in [7, 11) is 1.92. The van der Waals surface area contributed by atoms with Crippen molar-refractivity contribution < 1.29 is 13.6 Å². The van der Waals surface area contributed by atoms with Gasteiger partial charge in [0.25, 0.3) is 5.91 Å². The molecule has 1 aliphatic rings. The van der Waals surface area contributed by atoms with E-state index in [1.54, 1.807) is 4.90 Å². The molecule has 5 heteroatoms. The largest absolute Gasteiger partial charge is 0.339 e. The second-order valence-corrected chi connectivity index (χ2v) is 5.25. The van der Waals surface area contributed by atoms with Gasteiger partial charge in [-0.15, -0.1) is 0 Å². The summed E-state index contributed by atoms with van der Waals surface area (Å²) in [5.41, 5.74) is -0.168. The molecule has 110 valence electrons. The van der Waals surface area contributed by atoms with E-state index in [2.05, 4.69) is 5.32 Å². The molecule has 1 heterocycles. The normalized spacial score (nSPS) is 16.4. The molecule has 1 saturated heterocycles. The molecule has 0 atom stereocenters. The van der Waals surface area contributed by atoms with Crippen LogP contribution in [0, 0.1) is 17.6 Å². The van der Waals surface area contributed by atoms with Crippen molar-refractivity contribution in [2.75, 3.05) is 26.7 Å². The van der Waals surface area contributed by atoms with Gasteiger partial charge in [-0.3, -0.25) is 4.79 Å². The topological polar surface area (TPSA) is 32.3 Å². The Labute approximate surface area is 118 Å². The lowest BCUT2D eigenvalue weighted by Crippen LogP contribution is -2.39. The quantitative estimate of drug-likeness (QED) is 0.920. The Kier molecular flexibility index (Phi) is 5.06. The highest BCUT2D eigenvalue weighted by Gasteiger charge is 2.25. The number of nitrogens with one attached hydrogen (secondary N) is 1. The molecule has 0 saturated carbocycles. The number of likely N-dealkylation sites (tertiary alicyclic amines) is 1. The van der Waals surface area contributed by atoms with E-state index in [0.717, 1.165) is 44.0 Å². The van der Waals surface area contributed by atoms with Crippen molar-refractivity contribution in [3.8, 4) is 0 Å². The Balaban J connectivity index is 1.96. The molecular weight excluding hydrogens is 262 g/mol. The van der Waals surface area contributed by atoms with E-state index >= 15 is 0 Å². The predicted molar refractivity (Wildman–Crippen MR) is 73.5 cm³/mol. The Morgan fingerprint density at radius 3 is 2.70 bits per heavy atom. The van der Waals surface area contributed by atoms with E-state index in [4.69, 9.17) is 0 Å². The standard InChI is InChI=1S/C15H20F2N2O/c1-18-7-4-11-5-8-19(9-6-11)15(20)13-10-12(16)2-3-14(13)17/h2-3,10-11,18H,4-9H2,1H3. The van der Waals surface area contributed by atoms with Crippen molar-refractivity contribution in [3.05, 3.63) is 35.4 Å². The Bertz CT molecular complexity index is 471. The van der Waals surface area contributed by atoms with Gasteiger partial charge < -0.3 is 10.2 Å². The van der Waals surface area contributed by atoms with Gasteiger partial charge in [0.1, 0.15) is 11.6 Å². The number of hydrogen-bond donors (Lipinski definition) is 1. The molecule has 1 fully saturated rings. The molecule has 1 aliphatic heterocycles. The van der Waals surface area contributed by atoms with Crippen LogP contribution < -0.4 is 5.32 Å². The fourth-order valence-electron chi connectivity index (χ4n) is 2.60. The van der Waals surface area contributed by atoms with Crippen molar-refractivity contribution >= 4 is 5.91 Å². The zero-order valence-electron chi connectivity index (χ0n) is 11.7. The van der Waals surface area contributed by atoms with E-state index in [9.17, 15) is 13.6 Å². The minimum absolute atomic E-state index is 0.168. The first kappa shape index (κ1) is 14.9. The minimum Gasteiger partial charge on any atom is -0.339 e. The highest BCUT2D eigenvalue weighted by molar-refractivity contribution is 5.94. The van der Waals surface area contributed by atoms with E-state index in [1.807, 2.05) is 7.05 Å². The van der Waals surface area contributed by atoms with Gasteiger partial charge in [0, 0.05) is 13.1 Å². The lowest BCUT2D eigenvalue weighted by molar-refractivity contribution is 0.0682. The second-order valence-electron chi connectivity index (χ2n) is 5.25. The van der Waals surface area contributed by atoms with Crippen LogP contribution in [0.3, 0.4) is 0 Å². The summed E-state index contributed by atoms with van der Waals surface area (Å²) < 4.78 is 26.7. The molecule has 20 heavy (non-hydrogen) atoms.